The Bertz CT molecular complexity index is 1390. The summed E-state index contributed by atoms with van der Waals surface area (Å²) in [5.74, 6) is 1.24. The summed E-state index contributed by atoms with van der Waals surface area (Å²) in [4.78, 5) is 0. The van der Waals surface area contributed by atoms with E-state index in [9.17, 15) is 20.4 Å². The van der Waals surface area contributed by atoms with Crippen LogP contribution in [0.2, 0.25) is 0 Å². The number of hydrogen-bond acceptors (Lipinski definition) is 4. The molecule has 4 nitrogen and oxygen atoms in total. The fourth-order valence-electron chi connectivity index (χ4n) is 6.30. The lowest BCUT2D eigenvalue weighted by molar-refractivity contribution is 0.255. The van der Waals surface area contributed by atoms with Gasteiger partial charge in [0.15, 0.2) is 0 Å². The maximum absolute atomic E-state index is 10.7. The average Bonchev–Trinajstić information content (AvgIpc) is 2.95. The molecule has 0 atom stereocenters. The van der Waals surface area contributed by atoms with Gasteiger partial charge < -0.3 is 20.4 Å². The number of aromatic hydroxyl groups is 4. The van der Waals surface area contributed by atoms with E-state index in [0.717, 1.165) is 69.4 Å². The second kappa shape index (κ2) is 12.9. The third-order valence-corrected chi connectivity index (χ3v) is 13.6. The summed E-state index contributed by atoms with van der Waals surface area (Å²) in [7, 11) is 0. The first kappa shape index (κ1) is 33.8. The highest BCUT2D eigenvalue weighted by Gasteiger charge is 2.47. The van der Waals surface area contributed by atoms with Crippen LogP contribution in [-0.2, 0) is 10.8 Å². The molecular formula is C32H26I6O4. The molecule has 4 aromatic carbocycles. The normalized spacial score (nSPS) is 16.0. The Hall–Kier alpha value is 0.460. The van der Waals surface area contributed by atoms with Crippen molar-refractivity contribution in [1.82, 2.24) is 0 Å². The van der Waals surface area contributed by atoms with Crippen LogP contribution in [0.15, 0.2) is 48.5 Å². The van der Waals surface area contributed by atoms with E-state index in [1.807, 2.05) is 13.8 Å². The van der Waals surface area contributed by atoms with E-state index in [2.05, 4.69) is 184 Å². The van der Waals surface area contributed by atoms with Crippen molar-refractivity contribution in [2.45, 2.75) is 50.4 Å². The van der Waals surface area contributed by atoms with Crippen molar-refractivity contribution in [2.75, 3.05) is 0 Å². The first-order chi connectivity index (χ1) is 19.7. The highest BCUT2D eigenvalue weighted by atomic mass is 127. The molecule has 4 N–H and O–H groups in total. The molecule has 4 aromatic rings. The quantitative estimate of drug-likeness (QED) is 0.154. The fraction of sp³-hybridized carbons (Fsp3) is 0.250. The molecule has 5 rings (SSSR count). The van der Waals surface area contributed by atoms with Crippen molar-refractivity contribution < 1.29 is 20.4 Å². The van der Waals surface area contributed by atoms with Crippen molar-refractivity contribution in [3.63, 3.8) is 0 Å². The van der Waals surface area contributed by atoms with Crippen molar-refractivity contribution in [3.05, 3.63) is 103 Å². The Kier molecular flexibility index (Phi) is 10.4. The molecule has 0 spiro atoms. The average molecular weight is 1240 g/mol. The van der Waals surface area contributed by atoms with E-state index in [4.69, 9.17) is 0 Å². The van der Waals surface area contributed by atoms with Gasteiger partial charge in [-0.15, -0.1) is 0 Å². The van der Waals surface area contributed by atoms with Crippen LogP contribution in [-0.4, -0.2) is 20.4 Å². The van der Waals surface area contributed by atoms with E-state index in [1.165, 1.54) is 11.1 Å². The summed E-state index contributed by atoms with van der Waals surface area (Å²) in [6.45, 7) is 3.91. The van der Waals surface area contributed by atoms with Crippen LogP contribution in [0.3, 0.4) is 0 Å². The predicted molar refractivity (Wildman–Crippen MR) is 218 cm³/mol. The van der Waals surface area contributed by atoms with Gasteiger partial charge in [0.2, 0.25) is 0 Å². The molecule has 0 saturated heterocycles. The van der Waals surface area contributed by atoms with Gasteiger partial charge in [0.25, 0.3) is 0 Å². The lowest BCUT2D eigenvalue weighted by Gasteiger charge is -2.48. The molecule has 0 heterocycles. The molecule has 0 bridgehead atoms. The van der Waals surface area contributed by atoms with E-state index in [-0.39, 0.29) is 10.8 Å². The van der Waals surface area contributed by atoms with Crippen molar-refractivity contribution in [3.8, 4) is 23.0 Å². The fourth-order valence-corrected chi connectivity index (χ4v) is 11.4. The molecule has 10 heteroatoms. The maximum Gasteiger partial charge on any atom is 0.142 e. The molecule has 0 aromatic heterocycles. The third-order valence-electron chi connectivity index (χ3n) is 8.71. The van der Waals surface area contributed by atoms with Gasteiger partial charge in [0.05, 0.1) is 21.4 Å². The number of rotatable bonds is 4. The number of phenolic OH excluding ortho intramolecular Hbond substituents is 4. The van der Waals surface area contributed by atoms with E-state index < -0.39 is 0 Å². The first-order valence-corrected chi connectivity index (χ1v) is 19.5. The summed E-state index contributed by atoms with van der Waals surface area (Å²) in [6, 6.07) is 16.9. The second-order valence-electron chi connectivity index (χ2n) is 11.0. The molecule has 42 heavy (non-hydrogen) atoms. The predicted octanol–water partition coefficient (Wildman–Crippen LogP) is 10.6. The number of halogens is 6. The van der Waals surface area contributed by atoms with Crippen molar-refractivity contribution in [2.24, 2.45) is 0 Å². The Labute approximate surface area is 327 Å². The Balaban J connectivity index is 1.75. The largest absolute Gasteiger partial charge is 0.507 e. The van der Waals surface area contributed by atoms with Gasteiger partial charge in [-0.05, 0) is 245 Å². The molecule has 1 saturated carbocycles. The highest BCUT2D eigenvalue weighted by Crippen LogP contribution is 2.56. The minimum atomic E-state index is -0.344. The topological polar surface area (TPSA) is 80.9 Å². The van der Waals surface area contributed by atoms with Crippen LogP contribution in [0, 0.1) is 35.3 Å². The van der Waals surface area contributed by atoms with Gasteiger partial charge >= 0.3 is 0 Å². The monoisotopic (exact) mass is 1240 g/mol. The van der Waals surface area contributed by atoms with E-state index in [0.29, 0.717) is 23.0 Å². The van der Waals surface area contributed by atoms with Crippen LogP contribution in [0.5, 0.6) is 23.0 Å². The summed E-state index contributed by atoms with van der Waals surface area (Å²) in [6.07, 6.45) is 3.31. The summed E-state index contributed by atoms with van der Waals surface area (Å²) < 4.78 is 4.94. The Morgan fingerprint density at radius 2 is 0.619 bits per heavy atom. The summed E-state index contributed by atoms with van der Waals surface area (Å²) >= 11 is 13.3. The van der Waals surface area contributed by atoms with Gasteiger partial charge in [-0.2, -0.15) is 0 Å². The van der Waals surface area contributed by atoms with Gasteiger partial charge in [-0.1, -0.05) is 12.1 Å². The Morgan fingerprint density at radius 3 is 0.857 bits per heavy atom. The van der Waals surface area contributed by atoms with Crippen LogP contribution >= 0.6 is 136 Å². The number of aryl methyl sites for hydroxylation is 2. The maximum atomic E-state index is 10.7. The molecule has 220 valence electrons. The minimum Gasteiger partial charge on any atom is -0.507 e. The van der Waals surface area contributed by atoms with Crippen molar-refractivity contribution >= 4 is 136 Å². The van der Waals surface area contributed by atoms with Gasteiger partial charge in [0.1, 0.15) is 23.0 Å². The molecule has 1 aliphatic carbocycles. The summed E-state index contributed by atoms with van der Waals surface area (Å²) in [5.41, 5.74) is 5.67. The van der Waals surface area contributed by atoms with Crippen LogP contribution in [0.25, 0.3) is 0 Å². The lowest BCUT2D eigenvalue weighted by atomic mass is 9.55. The number of benzene rings is 4. The molecule has 0 aliphatic heterocycles. The van der Waals surface area contributed by atoms with E-state index in [1.54, 1.807) is 0 Å². The van der Waals surface area contributed by atoms with Gasteiger partial charge in [-0.25, -0.2) is 0 Å². The lowest BCUT2D eigenvalue weighted by Crippen LogP contribution is -2.41. The van der Waals surface area contributed by atoms with Gasteiger partial charge in [-0.3, -0.25) is 0 Å². The molecule has 1 fully saturated rings. The van der Waals surface area contributed by atoms with Crippen LogP contribution in [0.4, 0.5) is 0 Å². The number of hydrogen-bond donors (Lipinski definition) is 4. The second-order valence-corrected chi connectivity index (χ2v) is 18.0. The summed E-state index contributed by atoms with van der Waals surface area (Å²) in [5, 5.41) is 42.6. The number of phenols is 4. The molecular weight excluding hydrogens is 1210 g/mol. The third kappa shape index (κ3) is 6.00. The first-order valence-electron chi connectivity index (χ1n) is 13.1. The Morgan fingerprint density at radius 1 is 0.405 bits per heavy atom. The van der Waals surface area contributed by atoms with E-state index >= 15 is 0 Å². The molecule has 0 amide bonds. The standard InChI is InChI=1S/C32H26I6O4/c1-15-7-17(9-21(33)27(15)39)31(18-8-16(2)28(40)22(34)10-18)3-5-32(6-4-31,19-11-23(35)29(41)24(36)12-19)20-13-25(37)30(42)26(38)14-20/h7-14,39-42H,3-6H2,1-2H3. The molecule has 0 unspecified atom stereocenters. The zero-order valence-electron chi connectivity index (χ0n) is 22.5. The zero-order chi connectivity index (χ0) is 30.7. The van der Waals surface area contributed by atoms with Crippen LogP contribution in [0.1, 0.15) is 59.1 Å². The molecule has 1 aliphatic rings. The SMILES string of the molecule is Cc1cc(C2(c3cc(C)c(O)c(I)c3)CCC(c3cc(I)c(O)c(I)c3)(c3cc(I)c(O)c(I)c3)CC2)cc(I)c1O. The zero-order valence-corrected chi connectivity index (χ0v) is 35.4. The van der Waals surface area contributed by atoms with Crippen molar-refractivity contribution in [1.29, 1.82) is 0 Å². The van der Waals surface area contributed by atoms with Crippen LogP contribution < -0.4 is 0 Å². The van der Waals surface area contributed by atoms with Gasteiger partial charge in [0, 0.05) is 10.8 Å². The smallest absolute Gasteiger partial charge is 0.142 e. The minimum absolute atomic E-state index is 0.304. The molecule has 0 radical (unpaired) electrons. The highest BCUT2D eigenvalue weighted by molar-refractivity contribution is 14.1.